The lowest BCUT2D eigenvalue weighted by Gasteiger charge is -2.10. The number of benzene rings is 4. The Kier molecular flexibility index (Phi) is 8.13. The number of nitrogens with one attached hydrogen (secondary N) is 3. The van der Waals surface area contributed by atoms with Crippen molar-refractivity contribution in [2.75, 3.05) is 16.1 Å². The Morgan fingerprint density at radius 2 is 1.27 bits per heavy atom. The number of para-hydroxylation sites is 2. The number of ether oxygens (including phenoxy) is 1. The van der Waals surface area contributed by atoms with E-state index in [1.54, 1.807) is 18.3 Å². The van der Waals surface area contributed by atoms with Gasteiger partial charge < -0.3 is 15.4 Å². The molecule has 0 bridgehead atoms. The van der Waals surface area contributed by atoms with Gasteiger partial charge in [-0.05, 0) is 71.8 Å². The van der Waals surface area contributed by atoms with Gasteiger partial charge in [0.2, 0.25) is 17.8 Å². The van der Waals surface area contributed by atoms with Crippen molar-refractivity contribution in [3.63, 3.8) is 0 Å². The number of non-ortho nitro benzene ring substituents is 1. The zero-order chi connectivity index (χ0) is 27.6. The number of nitrogens with zero attached hydrogens (tertiary/aromatic N) is 5. The summed E-state index contributed by atoms with van der Waals surface area (Å²) in [5, 5.41) is 21.4. The molecule has 0 aliphatic heterocycles. The van der Waals surface area contributed by atoms with E-state index in [2.05, 4.69) is 36.1 Å². The molecule has 40 heavy (non-hydrogen) atoms. The minimum Gasteiger partial charge on any atom is -0.489 e. The lowest BCUT2D eigenvalue weighted by molar-refractivity contribution is -0.384. The second-order valence-corrected chi connectivity index (χ2v) is 8.44. The molecule has 198 valence electrons. The van der Waals surface area contributed by atoms with Crippen LogP contribution in [0.15, 0.2) is 114 Å². The summed E-state index contributed by atoms with van der Waals surface area (Å²) in [4.78, 5) is 23.7. The van der Waals surface area contributed by atoms with E-state index in [4.69, 9.17) is 4.74 Å². The maximum Gasteiger partial charge on any atom is 0.269 e. The minimum absolute atomic E-state index is 0.0468. The Hall–Kier alpha value is -5.84. The van der Waals surface area contributed by atoms with Crippen molar-refractivity contribution in [2.24, 2.45) is 5.10 Å². The third kappa shape index (κ3) is 7.35. The van der Waals surface area contributed by atoms with Crippen LogP contribution in [-0.4, -0.2) is 26.1 Å². The number of nitro groups is 1. The third-order valence-corrected chi connectivity index (χ3v) is 5.51. The molecule has 5 aromatic rings. The summed E-state index contributed by atoms with van der Waals surface area (Å²) in [6.07, 6.45) is 1.64. The molecule has 11 heteroatoms. The van der Waals surface area contributed by atoms with Crippen molar-refractivity contribution < 1.29 is 9.66 Å². The highest BCUT2D eigenvalue weighted by Gasteiger charge is 2.08. The second kappa shape index (κ2) is 12.6. The predicted octanol–water partition coefficient (Wildman–Crippen LogP) is 6.29. The highest BCUT2D eigenvalue weighted by Crippen LogP contribution is 2.19. The SMILES string of the molecule is O=[N+]([O-])c1ccc(COc2ccc(/C=N/Nc3nc(Nc4ccccc4)nc(Nc4ccccc4)n3)cc2)cc1. The number of hydrazone groups is 1. The van der Waals surface area contributed by atoms with E-state index in [0.29, 0.717) is 24.3 Å². The molecule has 1 aromatic heterocycles. The van der Waals surface area contributed by atoms with Gasteiger partial charge in [-0.1, -0.05) is 36.4 Å². The summed E-state index contributed by atoms with van der Waals surface area (Å²) in [7, 11) is 0. The maximum absolute atomic E-state index is 10.8. The monoisotopic (exact) mass is 532 g/mol. The number of rotatable bonds is 11. The van der Waals surface area contributed by atoms with Crippen molar-refractivity contribution in [3.05, 3.63) is 130 Å². The zero-order valence-corrected chi connectivity index (χ0v) is 21.1. The molecule has 4 aromatic carbocycles. The number of hydrogen-bond donors (Lipinski definition) is 3. The zero-order valence-electron chi connectivity index (χ0n) is 21.1. The first kappa shape index (κ1) is 25.8. The lowest BCUT2D eigenvalue weighted by atomic mass is 10.2. The van der Waals surface area contributed by atoms with Crippen LogP contribution >= 0.6 is 0 Å². The van der Waals surface area contributed by atoms with Crippen molar-refractivity contribution in [1.82, 2.24) is 15.0 Å². The van der Waals surface area contributed by atoms with E-state index < -0.39 is 4.92 Å². The largest absolute Gasteiger partial charge is 0.489 e. The van der Waals surface area contributed by atoms with Crippen molar-refractivity contribution >= 4 is 41.1 Å². The van der Waals surface area contributed by atoms with Gasteiger partial charge in [0.15, 0.2) is 0 Å². The average molecular weight is 533 g/mol. The highest BCUT2D eigenvalue weighted by molar-refractivity contribution is 5.80. The Balaban J connectivity index is 1.23. The van der Waals surface area contributed by atoms with Crippen molar-refractivity contribution in [3.8, 4) is 5.75 Å². The quantitative estimate of drug-likeness (QED) is 0.102. The fourth-order valence-corrected chi connectivity index (χ4v) is 3.53. The molecule has 11 nitrogen and oxygen atoms in total. The first-order valence-corrected chi connectivity index (χ1v) is 12.3. The molecule has 0 amide bonds. The van der Waals surface area contributed by atoms with Crippen LogP contribution in [0.1, 0.15) is 11.1 Å². The fraction of sp³-hybridized carbons (Fsp3) is 0.0345. The van der Waals surface area contributed by atoms with Crippen LogP contribution < -0.4 is 20.8 Å². The van der Waals surface area contributed by atoms with Crippen molar-refractivity contribution in [1.29, 1.82) is 0 Å². The van der Waals surface area contributed by atoms with Crippen LogP contribution in [0, 0.1) is 10.1 Å². The highest BCUT2D eigenvalue weighted by atomic mass is 16.6. The van der Waals surface area contributed by atoms with Crippen LogP contribution in [0.3, 0.4) is 0 Å². The lowest BCUT2D eigenvalue weighted by Crippen LogP contribution is -2.07. The van der Waals surface area contributed by atoms with E-state index in [0.717, 1.165) is 22.5 Å². The van der Waals surface area contributed by atoms with Crippen molar-refractivity contribution in [2.45, 2.75) is 6.61 Å². The molecule has 3 N–H and O–H groups in total. The van der Waals surface area contributed by atoms with E-state index in [1.807, 2.05) is 84.9 Å². The van der Waals surface area contributed by atoms with Crippen LogP contribution in [-0.2, 0) is 6.61 Å². The summed E-state index contributed by atoms with van der Waals surface area (Å²) < 4.78 is 5.77. The van der Waals surface area contributed by atoms with Gasteiger partial charge >= 0.3 is 0 Å². The first-order chi connectivity index (χ1) is 19.6. The number of aromatic nitrogens is 3. The number of hydrogen-bond acceptors (Lipinski definition) is 10. The minimum atomic E-state index is -0.429. The fourth-order valence-electron chi connectivity index (χ4n) is 3.53. The Labute approximate surface area is 229 Å². The molecule has 0 radical (unpaired) electrons. The normalized spacial score (nSPS) is 10.7. The molecule has 0 unspecified atom stereocenters. The van der Waals surface area contributed by atoms with Crippen LogP contribution in [0.2, 0.25) is 0 Å². The van der Waals surface area contributed by atoms with E-state index in [1.165, 1.54) is 12.1 Å². The molecule has 0 saturated carbocycles. The molecule has 0 saturated heterocycles. The third-order valence-electron chi connectivity index (χ3n) is 5.51. The maximum atomic E-state index is 10.8. The first-order valence-electron chi connectivity index (χ1n) is 12.3. The molecule has 0 atom stereocenters. The smallest absolute Gasteiger partial charge is 0.269 e. The Bertz CT molecular complexity index is 1520. The molecule has 0 aliphatic carbocycles. The second-order valence-electron chi connectivity index (χ2n) is 8.44. The van der Waals surface area contributed by atoms with Gasteiger partial charge in [-0.3, -0.25) is 10.1 Å². The summed E-state index contributed by atoms with van der Waals surface area (Å²) >= 11 is 0. The standard InChI is InChI=1S/C29H24N8O3/c38-37(39)25-15-11-22(12-16-25)20-40-26-17-13-21(14-18-26)19-30-36-29-34-27(31-23-7-3-1-4-8-23)33-28(35-29)32-24-9-5-2-6-10-24/h1-19H,20H2,(H3,31,32,33,34,35,36)/b30-19+. The summed E-state index contributed by atoms with van der Waals surface area (Å²) in [5.41, 5.74) is 6.25. The molecule has 0 aliphatic rings. The number of nitro benzene ring substituents is 1. The molecule has 5 rings (SSSR count). The van der Waals surface area contributed by atoms with Gasteiger partial charge in [0, 0.05) is 23.5 Å². The summed E-state index contributed by atoms with van der Waals surface area (Å²) in [5.74, 6) is 1.62. The average Bonchev–Trinajstić information content (AvgIpc) is 2.98. The van der Waals surface area contributed by atoms with Crippen LogP contribution in [0.5, 0.6) is 5.75 Å². The Morgan fingerprint density at radius 3 is 1.82 bits per heavy atom. The molecule has 1 heterocycles. The molecular weight excluding hydrogens is 508 g/mol. The molecule has 0 fully saturated rings. The van der Waals surface area contributed by atoms with Gasteiger partial charge in [-0.15, -0.1) is 0 Å². The summed E-state index contributed by atoms with van der Waals surface area (Å²) in [6.45, 7) is 0.297. The number of anilines is 5. The molecular formula is C29H24N8O3. The van der Waals surface area contributed by atoms with Crippen LogP contribution in [0.25, 0.3) is 0 Å². The topological polar surface area (TPSA) is 139 Å². The van der Waals surface area contributed by atoms with Gasteiger partial charge in [0.05, 0.1) is 11.1 Å². The van der Waals surface area contributed by atoms with E-state index in [-0.39, 0.29) is 11.6 Å². The predicted molar refractivity (Wildman–Crippen MR) is 154 cm³/mol. The van der Waals surface area contributed by atoms with Crippen LogP contribution in [0.4, 0.5) is 34.9 Å². The Morgan fingerprint density at radius 1 is 0.725 bits per heavy atom. The van der Waals surface area contributed by atoms with Gasteiger partial charge in [0.25, 0.3) is 5.69 Å². The molecule has 0 spiro atoms. The van der Waals surface area contributed by atoms with Gasteiger partial charge in [-0.2, -0.15) is 20.1 Å². The summed E-state index contributed by atoms with van der Waals surface area (Å²) in [6, 6.07) is 32.8. The van der Waals surface area contributed by atoms with Gasteiger partial charge in [-0.25, -0.2) is 5.43 Å². The van der Waals surface area contributed by atoms with E-state index >= 15 is 0 Å². The van der Waals surface area contributed by atoms with E-state index in [9.17, 15) is 10.1 Å². The van der Waals surface area contributed by atoms with Gasteiger partial charge in [0.1, 0.15) is 12.4 Å².